The van der Waals surface area contributed by atoms with Gasteiger partial charge in [0, 0.05) is 28.1 Å². The van der Waals surface area contributed by atoms with E-state index >= 15 is 0 Å². The summed E-state index contributed by atoms with van der Waals surface area (Å²) in [6.07, 6.45) is 6.27. The van der Waals surface area contributed by atoms with Gasteiger partial charge in [0.15, 0.2) is 0 Å². The van der Waals surface area contributed by atoms with Crippen LogP contribution in [0.2, 0.25) is 0 Å². The number of amides is 1. The van der Waals surface area contributed by atoms with Crippen LogP contribution in [0.1, 0.15) is 35.7 Å². The van der Waals surface area contributed by atoms with Crippen molar-refractivity contribution in [3.05, 3.63) is 51.4 Å². The van der Waals surface area contributed by atoms with Crippen molar-refractivity contribution < 1.29 is 9.53 Å². The molecule has 1 aromatic heterocycles. The molecule has 1 aromatic carbocycles. The van der Waals surface area contributed by atoms with Crippen LogP contribution in [0.25, 0.3) is 0 Å². The smallest absolute Gasteiger partial charge is 0.316 e. The van der Waals surface area contributed by atoms with Crippen molar-refractivity contribution in [3.8, 4) is 6.01 Å². The highest BCUT2D eigenvalue weighted by Crippen LogP contribution is 2.18. The Kier molecular flexibility index (Phi) is 5.65. The second-order valence-corrected chi connectivity index (χ2v) is 7.12. The maximum absolute atomic E-state index is 12.7. The SMILES string of the molecule is CCc1cnc(OC2CCCN(C(=O)c3cccc(I)c3)C2)nc1. The number of benzene rings is 1. The zero-order chi connectivity index (χ0) is 16.9. The van der Waals surface area contributed by atoms with Gasteiger partial charge in [-0.2, -0.15) is 0 Å². The molecular weight excluding hydrogens is 417 g/mol. The largest absolute Gasteiger partial charge is 0.458 e. The molecule has 0 radical (unpaired) electrons. The molecule has 1 aliphatic heterocycles. The Morgan fingerprint density at radius 2 is 2.17 bits per heavy atom. The van der Waals surface area contributed by atoms with Gasteiger partial charge in [0.25, 0.3) is 5.91 Å². The van der Waals surface area contributed by atoms with Crippen LogP contribution in [-0.4, -0.2) is 40.0 Å². The number of carbonyl (C=O) groups excluding carboxylic acids is 1. The molecule has 1 atom stereocenters. The van der Waals surface area contributed by atoms with Gasteiger partial charge in [-0.3, -0.25) is 4.79 Å². The lowest BCUT2D eigenvalue weighted by molar-refractivity contribution is 0.0515. The third-order valence-electron chi connectivity index (χ3n) is 4.10. The normalized spacial score (nSPS) is 17.6. The standard InChI is InChI=1S/C18H20IN3O2/c1-2-13-10-20-18(21-11-13)24-16-7-4-8-22(12-16)17(23)14-5-3-6-15(19)9-14/h3,5-6,9-11,16H,2,4,7-8,12H2,1H3. The summed E-state index contributed by atoms with van der Waals surface area (Å²) >= 11 is 2.22. The van der Waals surface area contributed by atoms with Crippen molar-refractivity contribution in [2.24, 2.45) is 0 Å². The maximum atomic E-state index is 12.7. The van der Waals surface area contributed by atoms with E-state index in [1.54, 1.807) is 12.4 Å². The summed E-state index contributed by atoms with van der Waals surface area (Å²) < 4.78 is 6.94. The van der Waals surface area contributed by atoms with Crippen LogP contribution in [0.3, 0.4) is 0 Å². The zero-order valence-corrected chi connectivity index (χ0v) is 15.8. The molecule has 1 fully saturated rings. The van der Waals surface area contributed by atoms with Gasteiger partial charge in [-0.1, -0.05) is 13.0 Å². The summed E-state index contributed by atoms with van der Waals surface area (Å²) in [6, 6.07) is 8.06. The van der Waals surface area contributed by atoms with Gasteiger partial charge in [0.1, 0.15) is 6.10 Å². The monoisotopic (exact) mass is 437 g/mol. The number of hydrogen-bond donors (Lipinski definition) is 0. The fourth-order valence-corrected chi connectivity index (χ4v) is 3.30. The molecule has 2 heterocycles. The van der Waals surface area contributed by atoms with Crippen LogP contribution >= 0.6 is 22.6 Å². The molecule has 0 bridgehead atoms. The van der Waals surface area contributed by atoms with Crippen LogP contribution in [0.15, 0.2) is 36.7 Å². The number of carbonyl (C=O) groups is 1. The van der Waals surface area contributed by atoms with Crippen molar-refractivity contribution in [3.63, 3.8) is 0 Å². The molecule has 24 heavy (non-hydrogen) atoms. The quantitative estimate of drug-likeness (QED) is 0.689. The molecule has 5 nitrogen and oxygen atoms in total. The summed E-state index contributed by atoms with van der Waals surface area (Å²) in [7, 11) is 0. The summed E-state index contributed by atoms with van der Waals surface area (Å²) in [5, 5.41) is 0. The van der Waals surface area contributed by atoms with Crippen molar-refractivity contribution in [1.82, 2.24) is 14.9 Å². The number of rotatable bonds is 4. The lowest BCUT2D eigenvalue weighted by atomic mass is 10.1. The second kappa shape index (κ2) is 7.92. The van der Waals surface area contributed by atoms with Crippen LogP contribution in [0.4, 0.5) is 0 Å². The van der Waals surface area contributed by atoms with Crippen LogP contribution in [0.5, 0.6) is 6.01 Å². The minimum Gasteiger partial charge on any atom is -0.458 e. The number of piperidine rings is 1. The Balaban J connectivity index is 1.64. The average molecular weight is 437 g/mol. The topological polar surface area (TPSA) is 55.3 Å². The van der Waals surface area contributed by atoms with Crippen molar-refractivity contribution in [2.45, 2.75) is 32.3 Å². The maximum Gasteiger partial charge on any atom is 0.316 e. The first kappa shape index (κ1) is 17.1. The molecule has 6 heteroatoms. The number of hydrogen-bond acceptors (Lipinski definition) is 4. The van der Waals surface area contributed by atoms with E-state index < -0.39 is 0 Å². The number of likely N-dealkylation sites (tertiary alicyclic amines) is 1. The van der Waals surface area contributed by atoms with Gasteiger partial charge in [-0.25, -0.2) is 9.97 Å². The van der Waals surface area contributed by atoms with Crippen LogP contribution < -0.4 is 4.74 Å². The number of aromatic nitrogens is 2. The molecule has 126 valence electrons. The fraction of sp³-hybridized carbons (Fsp3) is 0.389. The van der Waals surface area contributed by atoms with Gasteiger partial charge < -0.3 is 9.64 Å². The Morgan fingerprint density at radius 3 is 2.88 bits per heavy atom. The van der Waals surface area contributed by atoms with Crippen molar-refractivity contribution in [2.75, 3.05) is 13.1 Å². The third-order valence-corrected chi connectivity index (χ3v) is 4.77. The van der Waals surface area contributed by atoms with E-state index in [4.69, 9.17) is 4.74 Å². The highest BCUT2D eigenvalue weighted by molar-refractivity contribution is 14.1. The van der Waals surface area contributed by atoms with Gasteiger partial charge in [0.2, 0.25) is 0 Å². The number of halogens is 1. The number of nitrogens with zero attached hydrogens (tertiary/aromatic N) is 3. The first-order valence-electron chi connectivity index (χ1n) is 8.18. The third kappa shape index (κ3) is 4.23. The summed E-state index contributed by atoms with van der Waals surface area (Å²) in [4.78, 5) is 23.0. The summed E-state index contributed by atoms with van der Waals surface area (Å²) in [5.74, 6) is 0.0593. The highest BCUT2D eigenvalue weighted by Gasteiger charge is 2.26. The molecule has 1 amide bonds. The van der Waals surface area contributed by atoms with Crippen molar-refractivity contribution >= 4 is 28.5 Å². The van der Waals surface area contributed by atoms with Gasteiger partial charge in [0.05, 0.1) is 6.54 Å². The summed E-state index contributed by atoms with van der Waals surface area (Å²) in [5.41, 5.74) is 1.81. The minimum atomic E-state index is -0.0574. The molecule has 1 aliphatic rings. The van der Waals surface area contributed by atoms with Gasteiger partial charge >= 0.3 is 6.01 Å². The Labute approximate surface area is 155 Å². The highest BCUT2D eigenvalue weighted by atomic mass is 127. The Morgan fingerprint density at radius 1 is 1.38 bits per heavy atom. The van der Waals surface area contributed by atoms with Crippen molar-refractivity contribution in [1.29, 1.82) is 0 Å². The molecule has 3 rings (SSSR count). The summed E-state index contributed by atoms with van der Waals surface area (Å²) in [6.45, 7) is 3.40. The van der Waals surface area contributed by atoms with E-state index in [1.807, 2.05) is 29.2 Å². The molecule has 0 spiro atoms. The average Bonchev–Trinajstić information content (AvgIpc) is 2.62. The molecule has 0 N–H and O–H groups in total. The van der Waals surface area contributed by atoms with E-state index in [9.17, 15) is 4.79 Å². The zero-order valence-electron chi connectivity index (χ0n) is 13.6. The minimum absolute atomic E-state index is 0.0574. The Bertz CT molecular complexity index is 706. The molecule has 2 aromatic rings. The van der Waals surface area contributed by atoms with Gasteiger partial charge in [-0.15, -0.1) is 0 Å². The van der Waals surface area contributed by atoms with E-state index in [2.05, 4.69) is 39.5 Å². The Hall–Kier alpha value is -1.70. The molecule has 0 saturated carbocycles. The van der Waals surface area contributed by atoms with E-state index in [0.717, 1.165) is 40.5 Å². The van der Waals surface area contributed by atoms with E-state index in [1.165, 1.54) is 0 Å². The lowest BCUT2D eigenvalue weighted by Gasteiger charge is -2.32. The van der Waals surface area contributed by atoms with Crippen LogP contribution in [0, 0.1) is 3.57 Å². The molecule has 1 saturated heterocycles. The van der Waals surface area contributed by atoms with Gasteiger partial charge in [-0.05, 0) is 65.6 Å². The van der Waals surface area contributed by atoms with Crippen LogP contribution in [-0.2, 0) is 6.42 Å². The van der Waals surface area contributed by atoms with E-state index in [-0.39, 0.29) is 12.0 Å². The fourth-order valence-electron chi connectivity index (χ4n) is 2.76. The molecular formula is C18H20IN3O2. The molecule has 0 aliphatic carbocycles. The first-order chi connectivity index (χ1) is 11.7. The number of aryl methyl sites for hydroxylation is 1. The first-order valence-corrected chi connectivity index (χ1v) is 9.26. The molecule has 1 unspecified atom stereocenters. The second-order valence-electron chi connectivity index (χ2n) is 5.87. The predicted octanol–water partition coefficient (Wildman–Crippen LogP) is 3.33. The number of ether oxygens (including phenoxy) is 1. The lowest BCUT2D eigenvalue weighted by Crippen LogP contribution is -2.44. The predicted molar refractivity (Wildman–Crippen MR) is 100 cm³/mol. The van der Waals surface area contributed by atoms with E-state index in [0.29, 0.717) is 12.6 Å².